The van der Waals surface area contributed by atoms with Crippen molar-refractivity contribution in [1.29, 1.82) is 0 Å². The van der Waals surface area contributed by atoms with Crippen LogP contribution < -0.4 is 14.2 Å². The monoisotopic (exact) mass is 349 g/mol. The van der Waals surface area contributed by atoms with Gasteiger partial charge in [-0.15, -0.1) is 0 Å². The molecule has 0 radical (unpaired) electrons. The molecule has 1 aliphatic heterocycles. The van der Waals surface area contributed by atoms with Gasteiger partial charge in [-0.2, -0.15) is 0 Å². The van der Waals surface area contributed by atoms with Crippen LogP contribution in [0.25, 0.3) is 5.57 Å². The topological polar surface area (TPSA) is 85.3 Å². The number of amides is 1. The van der Waals surface area contributed by atoms with Crippen LogP contribution >= 0.6 is 0 Å². The van der Waals surface area contributed by atoms with Gasteiger partial charge < -0.3 is 24.2 Å². The molecule has 136 valence electrons. The molecule has 7 nitrogen and oxygen atoms in total. The molecular formula is C18H23NO6. The Kier molecular flexibility index (Phi) is 5.90. The van der Waals surface area contributed by atoms with E-state index < -0.39 is 17.9 Å². The number of methoxy groups -OCH3 is 3. The van der Waals surface area contributed by atoms with E-state index >= 15 is 0 Å². The molecule has 25 heavy (non-hydrogen) atoms. The molecule has 0 aromatic heterocycles. The fourth-order valence-electron chi connectivity index (χ4n) is 2.98. The first kappa shape index (κ1) is 18.6. The molecule has 1 aliphatic rings. The minimum atomic E-state index is -0.995. The van der Waals surface area contributed by atoms with E-state index in [4.69, 9.17) is 14.2 Å². The summed E-state index contributed by atoms with van der Waals surface area (Å²) < 4.78 is 15.8. The van der Waals surface area contributed by atoms with Crippen molar-refractivity contribution in [3.63, 3.8) is 0 Å². The van der Waals surface area contributed by atoms with Crippen LogP contribution in [0.15, 0.2) is 18.7 Å². The maximum atomic E-state index is 12.8. The van der Waals surface area contributed by atoms with Gasteiger partial charge in [0, 0.05) is 12.1 Å². The molecule has 2 rings (SSSR count). The average Bonchev–Trinajstić information content (AvgIpc) is 2.65. The molecule has 0 bridgehead atoms. The number of hydrogen-bond donors (Lipinski definition) is 1. The first-order valence-electron chi connectivity index (χ1n) is 7.97. The van der Waals surface area contributed by atoms with E-state index in [1.165, 1.54) is 26.2 Å². The zero-order valence-corrected chi connectivity index (χ0v) is 14.7. The van der Waals surface area contributed by atoms with Crippen LogP contribution in [0.2, 0.25) is 0 Å². The Morgan fingerprint density at radius 1 is 1.12 bits per heavy atom. The number of benzene rings is 1. The molecule has 1 heterocycles. The summed E-state index contributed by atoms with van der Waals surface area (Å²) in [5.41, 5.74) is 0.682. The van der Waals surface area contributed by atoms with Crippen molar-refractivity contribution >= 4 is 17.4 Å². The van der Waals surface area contributed by atoms with Gasteiger partial charge in [0.1, 0.15) is 6.04 Å². The van der Waals surface area contributed by atoms with Gasteiger partial charge >= 0.3 is 5.97 Å². The molecule has 7 heteroatoms. The Morgan fingerprint density at radius 2 is 1.72 bits per heavy atom. The van der Waals surface area contributed by atoms with Crippen LogP contribution in [-0.2, 0) is 9.59 Å². The fraction of sp³-hybridized carbons (Fsp3) is 0.444. The van der Waals surface area contributed by atoms with Crippen molar-refractivity contribution in [3.05, 3.63) is 24.3 Å². The molecule has 1 atom stereocenters. The van der Waals surface area contributed by atoms with Gasteiger partial charge in [-0.05, 0) is 37.0 Å². The van der Waals surface area contributed by atoms with E-state index in [0.29, 0.717) is 35.8 Å². The van der Waals surface area contributed by atoms with Gasteiger partial charge in [-0.1, -0.05) is 6.58 Å². The molecule has 1 amide bonds. The summed E-state index contributed by atoms with van der Waals surface area (Å²) in [4.78, 5) is 25.6. The Hall–Kier alpha value is -2.70. The lowest BCUT2D eigenvalue weighted by Gasteiger charge is -2.33. The number of aliphatic carboxylic acids is 1. The van der Waals surface area contributed by atoms with E-state index in [-0.39, 0.29) is 5.57 Å². The number of likely N-dealkylation sites (tertiary alicyclic amines) is 1. The maximum absolute atomic E-state index is 12.8. The molecule has 0 saturated carbocycles. The van der Waals surface area contributed by atoms with Crippen LogP contribution in [0.4, 0.5) is 0 Å². The Labute approximate surface area is 146 Å². The fourth-order valence-corrected chi connectivity index (χ4v) is 2.98. The summed E-state index contributed by atoms with van der Waals surface area (Å²) in [6, 6.07) is 2.43. The van der Waals surface area contributed by atoms with Crippen molar-refractivity contribution < 1.29 is 28.9 Å². The highest BCUT2D eigenvalue weighted by Gasteiger charge is 2.33. The van der Waals surface area contributed by atoms with Crippen LogP contribution in [0.3, 0.4) is 0 Å². The van der Waals surface area contributed by atoms with Crippen molar-refractivity contribution in [3.8, 4) is 17.2 Å². The highest BCUT2D eigenvalue weighted by molar-refractivity contribution is 6.19. The summed E-state index contributed by atoms with van der Waals surface area (Å²) in [7, 11) is 4.46. The number of hydrogen-bond acceptors (Lipinski definition) is 5. The number of piperidine rings is 1. The van der Waals surface area contributed by atoms with Gasteiger partial charge in [-0.3, -0.25) is 4.79 Å². The van der Waals surface area contributed by atoms with Crippen LogP contribution in [0.5, 0.6) is 17.2 Å². The van der Waals surface area contributed by atoms with Crippen LogP contribution in [0, 0.1) is 0 Å². The third kappa shape index (κ3) is 3.70. The highest BCUT2D eigenvalue weighted by Crippen LogP contribution is 2.40. The first-order chi connectivity index (χ1) is 11.9. The Balaban J connectivity index is 2.36. The second kappa shape index (κ2) is 7.92. The third-order valence-electron chi connectivity index (χ3n) is 4.32. The van der Waals surface area contributed by atoms with Gasteiger partial charge in [0.15, 0.2) is 11.5 Å². The zero-order valence-electron chi connectivity index (χ0n) is 14.7. The predicted molar refractivity (Wildman–Crippen MR) is 92.1 cm³/mol. The third-order valence-corrected chi connectivity index (χ3v) is 4.32. The minimum Gasteiger partial charge on any atom is -0.493 e. The predicted octanol–water partition coefficient (Wildman–Crippen LogP) is 2.19. The summed E-state index contributed by atoms with van der Waals surface area (Å²) >= 11 is 0. The van der Waals surface area contributed by atoms with Crippen molar-refractivity contribution in [1.82, 2.24) is 4.90 Å². The summed E-state index contributed by atoms with van der Waals surface area (Å²) in [5, 5.41) is 9.36. The molecule has 1 aromatic carbocycles. The second-order valence-corrected chi connectivity index (χ2v) is 5.74. The number of nitrogens with zero attached hydrogens (tertiary/aromatic N) is 1. The molecule has 0 spiro atoms. The molecule has 1 N–H and O–H groups in total. The van der Waals surface area contributed by atoms with E-state index in [1.54, 1.807) is 12.1 Å². The smallest absolute Gasteiger partial charge is 0.326 e. The average molecular weight is 349 g/mol. The maximum Gasteiger partial charge on any atom is 0.326 e. The molecule has 1 fully saturated rings. The van der Waals surface area contributed by atoms with Gasteiger partial charge in [0.05, 0.1) is 21.3 Å². The number of ether oxygens (including phenoxy) is 3. The van der Waals surface area contributed by atoms with Gasteiger partial charge in [0.2, 0.25) is 5.75 Å². The number of carboxylic acids is 1. The number of carbonyl (C=O) groups excluding carboxylic acids is 1. The first-order valence-corrected chi connectivity index (χ1v) is 7.97. The number of carboxylic acid groups (broad SMARTS) is 1. The molecule has 0 aliphatic carbocycles. The van der Waals surface area contributed by atoms with Crippen LogP contribution in [-0.4, -0.2) is 55.8 Å². The Bertz CT molecular complexity index is 659. The zero-order chi connectivity index (χ0) is 18.6. The van der Waals surface area contributed by atoms with Gasteiger partial charge in [0.25, 0.3) is 5.91 Å². The molecule has 1 saturated heterocycles. The highest BCUT2D eigenvalue weighted by atomic mass is 16.5. The summed E-state index contributed by atoms with van der Waals surface area (Å²) in [5.74, 6) is -0.180. The number of rotatable bonds is 6. The lowest BCUT2D eigenvalue weighted by atomic mass is 9.98. The van der Waals surface area contributed by atoms with E-state index in [2.05, 4.69) is 6.58 Å². The molecule has 1 aromatic rings. The quantitative estimate of drug-likeness (QED) is 0.793. The summed E-state index contributed by atoms with van der Waals surface area (Å²) in [6.07, 6.45) is 2.01. The molecule has 0 unspecified atom stereocenters. The normalized spacial score (nSPS) is 16.9. The van der Waals surface area contributed by atoms with E-state index in [9.17, 15) is 14.7 Å². The lowest BCUT2D eigenvalue weighted by Crippen LogP contribution is -2.48. The van der Waals surface area contributed by atoms with Crippen molar-refractivity contribution in [2.75, 3.05) is 27.9 Å². The van der Waals surface area contributed by atoms with E-state index in [0.717, 1.165) is 12.8 Å². The summed E-state index contributed by atoms with van der Waals surface area (Å²) in [6.45, 7) is 4.27. The van der Waals surface area contributed by atoms with E-state index in [1.807, 2.05) is 0 Å². The van der Waals surface area contributed by atoms with Gasteiger partial charge in [-0.25, -0.2) is 4.79 Å². The lowest BCUT2D eigenvalue weighted by molar-refractivity contribution is -0.149. The molecular weight excluding hydrogens is 326 g/mol. The van der Waals surface area contributed by atoms with Crippen molar-refractivity contribution in [2.24, 2.45) is 0 Å². The number of carbonyl (C=O) groups is 2. The Morgan fingerprint density at radius 3 is 2.20 bits per heavy atom. The van der Waals surface area contributed by atoms with Crippen LogP contribution in [0.1, 0.15) is 24.8 Å². The standard InChI is InChI=1S/C18H23NO6/c1-11(17(20)19-8-6-5-7-13(19)18(21)22)12-9-14(23-2)16(25-4)15(10-12)24-3/h9-10,13H,1,5-8H2,2-4H3,(H,21,22)/t13-/m0/s1. The second-order valence-electron chi connectivity index (χ2n) is 5.74. The van der Waals surface area contributed by atoms with Crippen molar-refractivity contribution in [2.45, 2.75) is 25.3 Å². The minimum absolute atomic E-state index is 0.187. The largest absolute Gasteiger partial charge is 0.493 e. The SMILES string of the molecule is C=C(C(=O)N1CCCC[C@H]1C(=O)O)c1cc(OC)c(OC)c(OC)c1.